The van der Waals surface area contributed by atoms with Crippen molar-refractivity contribution < 1.29 is 19.6 Å². The second-order valence-electron chi connectivity index (χ2n) is 7.70. The average molecular weight is 457 g/mol. The number of carbonyl (C=O) groups is 2. The van der Waals surface area contributed by atoms with Crippen LogP contribution in [0.5, 0.6) is 0 Å². The van der Waals surface area contributed by atoms with Crippen LogP contribution in [-0.2, 0) is 9.59 Å². The molecule has 1 N–H and O–H groups in total. The van der Waals surface area contributed by atoms with Crippen molar-refractivity contribution in [2.75, 3.05) is 27.2 Å². The fourth-order valence-electron chi connectivity index (χ4n) is 3.59. The lowest BCUT2D eigenvalue weighted by Gasteiger charge is -2.27. The number of Topliss-reactive ketones (excluding diaryl/α,β-unsaturated/α-hetero) is 1. The van der Waals surface area contributed by atoms with Gasteiger partial charge in [-0.25, -0.2) is 0 Å². The van der Waals surface area contributed by atoms with Crippen LogP contribution in [0.25, 0.3) is 5.76 Å². The fourth-order valence-corrected chi connectivity index (χ4v) is 4.00. The molecule has 1 fully saturated rings. The Morgan fingerprint density at radius 2 is 1.83 bits per heavy atom. The first-order valence-electron chi connectivity index (χ1n) is 9.67. The van der Waals surface area contributed by atoms with E-state index in [-0.39, 0.29) is 11.3 Å². The molecule has 152 valence electrons. The Labute approximate surface area is 179 Å². The van der Waals surface area contributed by atoms with Gasteiger partial charge in [0.25, 0.3) is 5.91 Å². The molecule has 5 nitrogen and oxygen atoms in total. The molecule has 0 aliphatic carbocycles. The minimum Gasteiger partial charge on any atom is -0.872 e. The lowest BCUT2D eigenvalue weighted by molar-refractivity contribution is -0.858. The first-order chi connectivity index (χ1) is 13.8. The zero-order valence-electron chi connectivity index (χ0n) is 16.9. The molecule has 0 saturated carbocycles. The highest BCUT2D eigenvalue weighted by atomic mass is 79.9. The lowest BCUT2D eigenvalue weighted by atomic mass is 9.95. The van der Waals surface area contributed by atoms with Gasteiger partial charge in [0.1, 0.15) is 0 Å². The summed E-state index contributed by atoms with van der Waals surface area (Å²) < 4.78 is 0.835. The van der Waals surface area contributed by atoms with Gasteiger partial charge in [0.15, 0.2) is 0 Å². The van der Waals surface area contributed by atoms with E-state index in [0.717, 1.165) is 28.6 Å². The van der Waals surface area contributed by atoms with Crippen molar-refractivity contribution in [2.24, 2.45) is 0 Å². The van der Waals surface area contributed by atoms with Crippen molar-refractivity contribution in [1.82, 2.24) is 4.90 Å². The standard InChI is InChI=1S/C23H25BrN2O3/c1-15-8-10-16(11-9-15)21(27)19-20(17-6-4-7-18(24)14-17)26(23(29)22(19)28)13-5-12-25(2)3/h4,6-11,14,20,27H,5,12-13H2,1-3H3/b21-19+. The number of ketones is 1. The zero-order valence-corrected chi connectivity index (χ0v) is 18.5. The molecular formula is C23H25BrN2O3. The molecule has 1 amide bonds. The van der Waals surface area contributed by atoms with Gasteiger partial charge in [-0.2, -0.15) is 0 Å². The summed E-state index contributed by atoms with van der Waals surface area (Å²) in [6, 6.07) is 13.9. The number of benzene rings is 2. The summed E-state index contributed by atoms with van der Waals surface area (Å²) >= 11 is 3.46. The summed E-state index contributed by atoms with van der Waals surface area (Å²) in [4.78, 5) is 28.5. The Hall–Kier alpha value is -2.44. The summed E-state index contributed by atoms with van der Waals surface area (Å²) in [5.41, 5.74) is 2.24. The van der Waals surface area contributed by atoms with Gasteiger partial charge in [-0.15, -0.1) is 0 Å². The maximum atomic E-state index is 13.3. The third-order valence-corrected chi connectivity index (χ3v) is 5.58. The highest BCUT2D eigenvalue weighted by Gasteiger charge is 2.43. The minimum atomic E-state index is -0.697. The highest BCUT2D eigenvalue weighted by molar-refractivity contribution is 9.10. The Balaban J connectivity index is 2.09. The number of carbonyl (C=O) groups excluding carboxylic acids is 2. The molecule has 1 heterocycles. The van der Waals surface area contributed by atoms with Crippen molar-refractivity contribution in [3.8, 4) is 0 Å². The van der Waals surface area contributed by atoms with Gasteiger partial charge in [0, 0.05) is 23.0 Å². The number of quaternary nitrogens is 1. The smallest absolute Gasteiger partial charge is 0.295 e. The number of likely N-dealkylation sites (tertiary alicyclic amines) is 1. The Morgan fingerprint density at radius 3 is 2.45 bits per heavy atom. The molecule has 6 heteroatoms. The van der Waals surface area contributed by atoms with Gasteiger partial charge in [0.05, 0.1) is 26.7 Å². The largest absolute Gasteiger partial charge is 0.872 e. The van der Waals surface area contributed by atoms with E-state index in [9.17, 15) is 14.7 Å². The van der Waals surface area contributed by atoms with E-state index in [1.165, 1.54) is 4.90 Å². The highest BCUT2D eigenvalue weighted by Crippen LogP contribution is 2.39. The van der Waals surface area contributed by atoms with E-state index in [1.807, 2.05) is 57.4 Å². The number of nitrogens with zero attached hydrogens (tertiary/aromatic N) is 1. The third kappa shape index (κ3) is 4.60. The van der Waals surface area contributed by atoms with E-state index in [1.54, 1.807) is 17.0 Å². The summed E-state index contributed by atoms with van der Waals surface area (Å²) in [5, 5.41) is 13.3. The van der Waals surface area contributed by atoms with Gasteiger partial charge in [0.2, 0.25) is 5.78 Å². The van der Waals surface area contributed by atoms with Crippen molar-refractivity contribution in [1.29, 1.82) is 0 Å². The zero-order chi connectivity index (χ0) is 21.1. The predicted octanol–water partition coefficient (Wildman–Crippen LogP) is 1.52. The molecule has 0 spiro atoms. The predicted molar refractivity (Wildman–Crippen MR) is 114 cm³/mol. The van der Waals surface area contributed by atoms with Crippen LogP contribution < -0.4 is 10.0 Å². The summed E-state index contributed by atoms with van der Waals surface area (Å²) in [5.74, 6) is -1.67. The fraction of sp³-hybridized carbons (Fsp3) is 0.304. The number of hydrogen-bond acceptors (Lipinski definition) is 3. The van der Waals surface area contributed by atoms with Crippen molar-refractivity contribution in [3.05, 3.63) is 75.3 Å². The number of rotatable bonds is 6. The summed E-state index contributed by atoms with van der Waals surface area (Å²) in [6.07, 6.45) is 0.748. The SMILES string of the molecule is Cc1ccc(/C([O-])=C2\C(=O)C(=O)N(CCC[NH+](C)C)C2c2cccc(Br)c2)cc1. The van der Waals surface area contributed by atoms with E-state index in [2.05, 4.69) is 15.9 Å². The lowest BCUT2D eigenvalue weighted by Crippen LogP contribution is -3.05. The molecular weight excluding hydrogens is 432 g/mol. The second kappa shape index (κ2) is 8.93. The monoisotopic (exact) mass is 456 g/mol. The Bertz CT molecular complexity index is 951. The van der Waals surface area contributed by atoms with E-state index in [4.69, 9.17) is 0 Å². The molecule has 1 saturated heterocycles. The van der Waals surface area contributed by atoms with E-state index < -0.39 is 17.7 Å². The first kappa shape index (κ1) is 21.3. The number of hydrogen-bond donors (Lipinski definition) is 1. The summed E-state index contributed by atoms with van der Waals surface area (Å²) in [7, 11) is 4.09. The van der Waals surface area contributed by atoms with E-state index >= 15 is 0 Å². The second-order valence-corrected chi connectivity index (χ2v) is 8.62. The molecule has 1 aliphatic heterocycles. The van der Waals surface area contributed by atoms with Crippen molar-refractivity contribution in [2.45, 2.75) is 19.4 Å². The van der Waals surface area contributed by atoms with Crippen LogP contribution >= 0.6 is 15.9 Å². The first-order valence-corrected chi connectivity index (χ1v) is 10.5. The van der Waals surface area contributed by atoms with Crippen LogP contribution in [0.2, 0.25) is 0 Å². The van der Waals surface area contributed by atoms with Gasteiger partial charge in [-0.1, -0.05) is 63.7 Å². The van der Waals surface area contributed by atoms with Gasteiger partial charge < -0.3 is 14.9 Å². The van der Waals surface area contributed by atoms with Crippen LogP contribution in [0.15, 0.2) is 58.6 Å². The summed E-state index contributed by atoms with van der Waals surface area (Å²) in [6.45, 7) is 3.23. The molecule has 29 heavy (non-hydrogen) atoms. The Kier molecular flexibility index (Phi) is 6.55. The molecule has 2 aromatic carbocycles. The van der Waals surface area contributed by atoms with Crippen LogP contribution in [0.3, 0.4) is 0 Å². The third-order valence-electron chi connectivity index (χ3n) is 5.08. The molecule has 1 atom stereocenters. The van der Waals surface area contributed by atoms with Crippen LogP contribution in [0, 0.1) is 6.92 Å². The normalized spacial score (nSPS) is 18.7. The minimum absolute atomic E-state index is 0.0363. The quantitative estimate of drug-likeness (QED) is 0.407. The molecule has 0 bridgehead atoms. The Morgan fingerprint density at radius 1 is 1.14 bits per heavy atom. The number of amides is 1. The topological polar surface area (TPSA) is 64.9 Å². The number of nitrogens with one attached hydrogen (secondary N) is 1. The molecule has 1 unspecified atom stereocenters. The molecule has 3 rings (SSSR count). The van der Waals surface area contributed by atoms with Gasteiger partial charge in [-0.05, 0) is 30.2 Å². The average Bonchev–Trinajstić information content (AvgIpc) is 2.93. The molecule has 1 aliphatic rings. The molecule has 2 aromatic rings. The van der Waals surface area contributed by atoms with Gasteiger partial charge in [-0.3, -0.25) is 9.59 Å². The van der Waals surface area contributed by atoms with E-state index in [0.29, 0.717) is 12.1 Å². The van der Waals surface area contributed by atoms with Crippen LogP contribution in [0.1, 0.15) is 29.2 Å². The van der Waals surface area contributed by atoms with Gasteiger partial charge >= 0.3 is 0 Å². The van der Waals surface area contributed by atoms with Crippen LogP contribution in [0.4, 0.5) is 0 Å². The van der Waals surface area contributed by atoms with Crippen molar-refractivity contribution >= 4 is 33.4 Å². The maximum Gasteiger partial charge on any atom is 0.295 e. The number of aryl methyl sites for hydroxylation is 1. The number of halogens is 1. The molecule has 0 aromatic heterocycles. The molecule has 0 radical (unpaired) electrons. The maximum absolute atomic E-state index is 13.3. The van der Waals surface area contributed by atoms with Crippen molar-refractivity contribution in [3.63, 3.8) is 0 Å². The van der Waals surface area contributed by atoms with Crippen LogP contribution in [-0.4, -0.2) is 43.8 Å².